The van der Waals surface area contributed by atoms with Gasteiger partial charge in [0.1, 0.15) is 5.82 Å². The maximum absolute atomic E-state index is 11.3. The summed E-state index contributed by atoms with van der Waals surface area (Å²) in [5, 5.41) is 3.53. The molecule has 3 N–H and O–H groups in total. The zero-order chi connectivity index (χ0) is 15.0. The fourth-order valence-corrected chi connectivity index (χ4v) is 2.66. The zero-order valence-electron chi connectivity index (χ0n) is 12.3. The van der Waals surface area contributed by atoms with Gasteiger partial charge in [-0.1, -0.05) is 6.07 Å². The van der Waals surface area contributed by atoms with Crippen molar-refractivity contribution in [2.24, 2.45) is 7.05 Å². The first-order valence-electron chi connectivity index (χ1n) is 7.00. The smallest absolute Gasteiger partial charge is 0.323 e. The van der Waals surface area contributed by atoms with Gasteiger partial charge in [0.05, 0.1) is 17.1 Å². The Bertz CT molecular complexity index is 813. The van der Waals surface area contributed by atoms with Crippen LogP contribution in [0.2, 0.25) is 0 Å². The number of hydrogen-bond acceptors (Lipinski definition) is 3. The molecule has 3 rings (SSSR count). The van der Waals surface area contributed by atoms with Crippen LogP contribution < -0.4 is 11.0 Å². The minimum absolute atomic E-state index is 0.140. The van der Waals surface area contributed by atoms with Crippen LogP contribution in [0.25, 0.3) is 11.0 Å². The van der Waals surface area contributed by atoms with Crippen molar-refractivity contribution in [3.05, 3.63) is 52.5 Å². The fraction of sp³-hybridized carbons (Fsp3) is 0.333. The molecule has 2 heterocycles. The molecule has 0 fully saturated rings. The molecule has 0 saturated heterocycles. The molecule has 1 aromatic carbocycles. The van der Waals surface area contributed by atoms with Crippen molar-refractivity contribution >= 4 is 11.0 Å². The van der Waals surface area contributed by atoms with Gasteiger partial charge in [0.25, 0.3) is 0 Å². The molecule has 0 radical (unpaired) electrons. The van der Waals surface area contributed by atoms with Gasteiger partial charge in [0.15, 0.2) is 0 Å². The second-order valence-electron chi connectivity index (χ2n) is 5.39. The topological polar surface area (TPSA) is 78.5 Å². The van der Waals surface area contributed by atoms with Crippen molar-refractivity contribution in [3.63, 3.8) is 0 Å². The molecule has 2 aromatic heterocycles. The second-order valence-corrected chi connectivity index (χ2v) is 5.39. The van der Waals surface area contributed by atoms with Gasteiger partial charge in [-0.15, -0.1) is 0 Å². The van der Waals surface area contributed by atoms with E-state index in [1.54, 1.807) is 6.20 Å². The lowest BCUT2D eigenvalue weighted by molar-refractivity contribution is 0.467. The van der Waals surface area contributed by atoms with Crippen LogP contribution >= 0.6 is 0 Å². The summed E-state index contributed by atoms with van der Waals surface area (Å²) in [5.41, 5.74) is 2.60. The number of benzene rings is 1. The minimum atomic E-state index is -0.177. The molecule has 21 heavy (non-hydrogen) atoms. The standard InChI is InChI=1S/C15H19N5O/c1-9(17-10(2)14-16-6-7-20(14)3)11-4-5-12-13(8-11)19-15(21)18-12/h4-10,17H,1-3H3,(H2,18,19,21). The third-order valence-electron chi connectivity index (χ3n) is 3.79. The van der Waals surface area contributed by atoms with Gasteiger partial charge in [-0.3, -0.25) is 0 Å². The highest BCUT2D eigenvalue weighted by Crippen LogP contribution is 2.20. The highest BCUT2D eigenvalue weighted by atomic mass is 16.1. The summed E-state index contributed by atoms with van der Waals surface area (Å²) in [6, 6.07) is 6.23. The molecule has 6 nitrogen and oxygen atoms in total. The molecule has 0 aliphatic carbocycles. The number of hydrogen-bond donors (Lipinski definition) is 3. The number of imidazole rings is 2. The molecule has 2 atom stereocenters. The van der Waals surface area contributed by atoms with Crippen LogP contribution in [0.5, 0.6) is 0 Å². The molecule has 0 spiro atoms. The third-order valence-corrected chi connectivity index (χ3v) is 3.79. The van der Waals surface area contributed by atoms with Crippen molar-refractivity contribution in [3.8, 4) is 0 Å². The highest BCUT2D eigenvalue weighted by Gasteiger charge is 2.14. The summed E-state index contributed by atoms with van der Waals surface area (Å²) in [6.07, 6.45) is 3.74. The van der Waals surface area contributed by atoms with Gasteiger partial charge in [-0.25, -0.2) is 9.78 Å². The number of aryl methyl sites for hydroxylation is 1. The molecule has 0 amide bonds. The number of aromatic amines is 2. The van der Waals surface area contributed by atoms with Crippen LogP contribution in [0.15, 0.2) is 35.4 Å². The molecule has 110 valence electrons. The minimum Gasteiger partial charge on any atom is -0.337 e. The van der Waals surface area contributed by atoms with E-state index in [1.165, 1.54) is 0 Å². The van der Waals surface area contributed by atoms with E-state index in [9.17, 15) is 4.79 Å². The average Bonchev–Trinajstić information content (AvgIpc) is 3.02. The Morgan fingerprint density at radius 2 is 1.95 bits per heavy atom. The maximum Gasteiger partial charge on any atom is 0.323 e. The number of nitrogens with one attached hydrogen (secondary N) is 3. The first-order chi connectivity index (χ1) is 10.0. The van der Waals surface area contributed by atoms with Crippen LogP contribution in [-0.2, 0) is 7.05 Å². The lowest BCUT2D eigenvalue weighted by Gasteiger charge is -2.20. The molecule has 2 unspecified atom stereocenters. The van der Waals surface area contributed by atoms with E-state index in [-0.39, 0.29) is 17.8 Å². The van der Waals surface area contributed by atoms with Crippen molar-refractivity contribution in [2.45, 2.75) is 25.9 Å². The first-order valence-corrected chi connectivity index (χ1v) is 7.00. The third kappa shape index (κ3) is 2.62. The van der Waals surface area contributed by atoms with E-state index in [0.717, 1.165) is 22.4 Å². The lowest BCUT2D eigenvalue weighted by atomic mass is 10.1. The van der Waals surface area contributed by atoms with Crippen LogP contribution in [0.4, 0.5) is 0 Å². The van der Waals surface area contributed by atoms with Gasteiger partial charge in [0, 0.05) is 25.5 Å². The summed E-state index contributed by atoms with van der Waals surface area (Å²) < 4.78 is 2.01. The summed E-state index contributed by atoms with van der Waals surface area (Å²) in [7, 11) is 1.99. The Balaban J connectivity index is 1.81. The molecule has 0 saturated carbocycles. The Morgan fingerprint density at radius 3 is 2.67 bits per heavy atom. The van der Waals surface area contributed by atoms with Gasteiger partial charge in [0.2, 0.25) is 0 Å². The normalized spacial score (nSPS) is 14.4. The van der Waals surface area contributed by atoms with Gasteiger partial charge >= 0.3 is 5.69 Å². The van der Waals surface area contributed by atoms with Crippen molar-refractivity contribution in [1.29, 1.82) is 0 Å². The quantitative estimate of drug-likeness (QED) is 0.686. The van der Waals surface area contributed by atoms with Gasteiger partial charge in [-0.05, 0) is 31.5 Å². The van der Waals surface area contributed by atoms with Crippen molar-refractivity contribution in [2.75, 3.05) is 0 Å². The molecule has 0 aliphatic rings. The number of aromatic nitrogens is 4. The van der Waals surface area contributed by atoms with E-state index in [2.05, 4.69) is 34.1 Å². The van der Waals surface area contributed by atoms with Crippen LogP contribution in [0.3, 0.4) is 0 Å². The number of H-pyrrole nitrogens is 2. The molecule has 0 bridgehead atoms. The van der Waals surface area contributed by atoms with Gasteiger partial charge < -0.3 is 19.9 Å². The summed E-state index contributed by atoms with van der Waals surface area (Å²) in [6.45, 7) is 4.20. The highest BCUT2D eigenvalue weighted by molar-refractivity contribution is 5.75. The molecular formula is C15H19N5O. The molecular weight excluding hydrogens is 266 g/mol. The summed E-state index contributed by atoms with van der Waals surface area (Å²) in [5.74, 6) is 0.998. The van der Waals surface area contributed by atoms with Gasteiger partial charge in [-0.2, -0.15) is 0 Å². The average molecular weight is 285 g/mol. The van der Waals surface area contributed by atoms with E-state index in [4.69, 9.17) is 0 Å². The van der Waals surface area contributed by atoms with Crippen molar-refractivity contribution < 1.29 is 0 Å². The molecule has 0 aliphatic heterocycles. The van der Waals surface area contributed by atoms with Crippen LogP contribution in [0.1, 0.15) is 37.3 Å². The van der Waals surface area contributed by atoms with Crippen molar-refractivity contribution in [1.82, 2.24) is 24.8 Å². The van der Waals surface area contributed by atoms with E-state index in [1.807, 2.05) is 36.0 Å². The maximum atomic E-state index is 11.3. The monoisotopic (exact) mass is 285 g/mol. The lowest BCUT2D eigenvalue weighted by Crippen LogP contribution is -2.24. The summed E-state index contributed by atoms with van der Waals surface area (Å²) in [4.78, 5) is 21.2. The second kappa shape index (κ2) is 5.21. The largest absolute Gasteiger partial charge is 0.337 e. The Morgan fingerprint density at radius 1 is 1.19 bits per heavy atom. The Hall–Kier alpha value is -2.34. The van der Waals surface area contributed by atoms with Crippen LogP contribution in [0, 0.1) is 0 Å². The first kappa shape index (κ1) is 13.6. The Kier molecular flexibility index (Phi) is 3.39. The van der Waals surface area contributed by atoms with E-state index in [0.29, 0.717) is 0 Å². The number of fused-ring (bicyclic) bond motifs is 1. The predicted molar refractivity (Wildman–Crippen MR) is 82.1 cm³/mol. The molecule has 3 aromatic rings. The van der Waals surface area contributed by atoms with Crippen LogP contribution in [-0.4, -0.2) is 19.5 Å². The zero-order valence-corrected chi connectivity index (χ0v) is 12.3. The molecule has 6 heteroatoms. The number of nitrogens with zero attached hydrogens (tertiary/aromatic N) is 2. The van der Waals surface area contributed by atoms with E-state index >= 15 is 0 Å². The Labute approximate surface area is 122 Å². The fourth-order valence-electron chi connectivity index (χ4n) is 2.66. The summed E-state index contributed by atoms with van der Waals surface area (Å²) >= 11 is 0. The predicted octanol–water partition coefficient (Wildman–Crippen LogP) is 2.00. The SMILES string of the molecule is CC(NC(C)c1nccn1C)c1ccc2[nH]c(=O)[nH]c2c1. The number of rotatable bonds is 4. The van der Waals surface area contributed by atoms with E-state index < -0.39 is 0 Å².